The molecular formula is C16H24FN3O3S. The van der Waals surface area contributed by atoms with E-state index >= 15 is 0 Å². The number of benzene rings is 1. The highest BCUT2D eigenvalue weighted by atomic mass is 32.2. The molecule has 0 saturated heterocycles. The Morgan fingerprint density at radius 1 is 1.33 bits per heavy atom. The average Bonchev–Trinajstić information content (AvgIpc) is 3.34. The van der Waals surface area contributed by atoms with Crippen molar-refractivity contribution in [1.29, 1.82) is 0 Å². The summed E-state index contributed by atoms with van der Waals surface area (Å²) in [6, 6.07) is 3.91. The zero-order chi connectivity index (χ0) is 17.9. The van der Waals surface area contributed by atoms with Crippen LogP contribution in [0.2, 0.25) is 0 Å². The van der Waals surface area contributed by atoms with Crippen LogP contribution in [0.25, 0.3) is 0 Å². The summed E-state index contributed by atoms with van der Waals surface area (Å²) in [5.41, 5.74) is 5.67. The molecule has 134 valence electrons. The Morgan fingerprint density at radius 3 is 2.46 bits per heavy atom. The molecule has 0 aromatic heterocycles. The fourth-order valence-corrected chi connectivity index (χ4v) is 3.95. The van der Waals surface area contributed by atoms with Gasteiger partial charge in [-0.1, -0.05) is 26.0 Å². The van der Waals surface area contributed by atoms with Crippen molar-refractivity contribution in [2.45, 2.75) is 43.7 Å². The lowest BCUT2D eigenvalue weighted by atomic mass is 10.0. The molecule has 0 radical (unpaired) electrons. The summed E-state index contributed by atoms with van der Waals surface area (Å²) in [5.74, 6) is -1.24. The highest BCUT2D eigenvalue weighted by molar-refractivity contribution is 7.89. The predicted molar refractivity (Wildman–Crippen MR) is 89.1 cm³/mol. The smallest absolute Gasteiger partial charge is 0.244 e. The van der Waals surface area contributed by atoms with Crippen molar-refractivity contribution in [2.75, 3.05) is 6.54 Å². The Kier molecular flexibility index (Phi) is 5.95. The maximum absolute atomic E-state index is 13.8. The Morgan fingerprint density at radius 2 is 1.96 bits per heavy atom. The fraction of sp³-hybridized carbons (Fsp3) is 0.562. The molecular weight excluding hydrogens is 333 g/mol. The second kappa shape index (κ2) is 7.58. The minimum atomic E-state index is -4.14. The molecule has 1 aliphatic carbocycles. The molecule has 8 heteroatoms. The van der Waals surface area contributed by atoms with Crippen LogP contribution in [0.1, 0.15) is 26.7 Å². The van der Waals surface area contributed by atoms with Gasteiger partial charge >= 0.3 is 0 Å². The number of carbonyl (C=O) groups excluding carboxylic acids is 1. The van der Waals surface area contributed by atoms with Crippen molar-refractivity contribution < 1.29 is 17.6 Å². The van der Waals surface area contributed by atoms with E-state index in [4.69, 9.17) is 5.73 Å². The summed E-state index contributed by atoms with van der Waals surface area (Å²) < 4.78 is 40.9. The topological polar surface area (TPSA) is 101 Å². The van der Waals surface area contributed by atoms with Gasteiger partial charge in [-0.05, 0) is 36.8 Å². The quantitative estimate of drug-likeness (QED) is 0.645. The SMILES string of the molecule is CC(C)C(NS(=O)(=O)c1ccccc1F)C(=O)NC(CN)C1CC1. The summed E-state index contributed by atoms with van der Waals surface area (Å²) in [6.45, 7) is 3.76. The Labute approximate surface area is 142 Å². The maximum Gasteiger partial charge on any atom is 0.244 e. The number of nitrogens with one attached hydrogen (secondary N) is 2. The molecule has 2 unspecified atom stereocenters. The molecule has 1 aromatic carbocycles. The first-order chi connectivity index (χ1) is 11.3. The Bertz CT molecular complexity index is 690. The van der Waals surface area contributed by atoms with Gasteiger partial charge in [-0.3, -0.25) is 4.79 Å². The number of amides is 1. The minimum absolute atomic E-state index is 0.156. The van der Waals surface area contributed by atoms with Crippen LogP contribution in [-0.2, 0) is 14.8 Å². The van der Waals surface area contributed by atoms with E-state index in [0.717, 1.165) is 18.9 Å². The molecule has 1 aliphatic rings. The monoisotopic (exact) mass is 357 g/mol. The number of nitrogens with two attached hydrogens (primary N) is 1. The first-order valence-electron chi connectivity index (χ1n) is 8.03. The third kappa shape index (κ3) is 4.52. The number of hydrogen-bond acceptors (Lipinski definition) is 4. The zero-order valence-corrected chi connectivity index (χ0v) is 14.6. The van der Waals surface area contributed by atoms with Crippen LogP contribution in [0.3, 0.4) is 0 Å². The number of rotatable bonds is 8. The van der Waals surface area contributed by atoms with Crippen molar-refractivity contribution in [2.24, 2.45) is 17.6 Å². The van der Waals surface area contributed by atoms with E-state index in [0.29, 0.717) is 12.5 Å². The lowest BCUT2D eigenvalue weighted by molar-refractivity contribution is -0.124. The van der Waals surface area contributed by atoms with Crippen LogP contribution in [0.15, 0.2) is 29.2 Å². The molecule has 2 atom stereocenters. The number of carbonyl (C=O) groups is 1. The lowest BCUT2D eigenvalue weighted by Gasteiger charge is -2.25. The van der Waals surface area contributed by atoms with E-state index in [-0.39, 0.29) is 12.0 Å². The summed E-state index contributed by atoms with van der Waals surface area (Å²) in [7, 11) is -4.14. The van der Waals surface area contributed by atoms with Crippen LogP contribution in [0.4, 0.5) is 4.39 Å². The van der Waals surface area contributed by atoms with Gasteiger partial charge in [0, 0.05) is 12.6 Å². The van der Waals surface area contributed by atoms with Crippen LogP contribution in [0.5, 0.6) is 0 Å². The lowest BCUT2D eigenvalue weighted by Crippen LogP contribution is -2.53. The third-order valence-corrected chi connectivity index (χ3v) is 5.60. The highest BCUT2D eigenvalue weighted by Gasteiger charge is 2.35. The molecule has 4 N–H and O–H groups in total. The standard InChI is InChI=1S/C16H24FN3O3S/c1-10(2)15(16(21)19-13(9-18)11-7-8-11)20-24(22,23)14-6-4-3-5-12(14)17/h3-6,10-11,13,15,20H,7-9,18H2,1-2H3,(H,19,21). The van der Waals surface area contributed by atoms with E-state index in [1.165, 1.54) is 18.2 Å². The molecule has 24 heavy (non-hydrogen) atoms. The van der Waals surface area contributed by atoms with Gasteiger partial charge in [-0.2, -0.15) is 4.72 Å². The van der Waals surface area contributed by atoms with Gasteiger partial charge in [-0.15, -0.1) is 0 Å². The Balaban J connectivity index is 2.15. The molecule has 0 heterocycles. The first-order valence-corrected chi connectivity index (χ1v) is 9.52. The average molecular weight is 357 g/mol. The van der Waals surface area contributed by atoms with Gasteiger partial charge in [0.05, 0.1) is 0 Å². The zero-order valence-electron chi connectivity index (χ0n) is 13.8. The number of sulfonamides is 1. The molecule has 1 fully saturated rings. The van der Waals surface area contributed by atoms with E-state index in [1.54, 1.807) is 13.8 Å². The summed E-state index contributed by atoms with van der Waals surface area (Å²) in [5, 5.41) is 2.81. The summed E-state index contributed by atoms with van der Waals surface area (Å²) in [6.07, 6.45) is 2.02. The molecule has 0 bridgehead atoms. The molecule has 6 nitrogen and oxygen atoms in total. The van der Waals surface area contributed by atoms with Gasteiger partial charge in [0.25, 0.3) is 0 Å². The van der Waals surface area contributed by atoms with E-state index < -0.39 is 32.7 Å². The normalized spacial score (nSPS) is 17.5. The van der Waals surface area contributed by atoms with E-state index in [9.17, 15) is 17.6 Å². The third-order valence-electron chi connectivity index (χ3n) is 4.13. The Hall–Kier alpha value is -1.51. The van der Waals surface area contributed by atoms with Gasteiger partial charge in [0.15, 0.2) is 0 Å². The van der Waals surface area contributed by atoms with Crippen LogP contribution >= 0.6 is 0 Å². The van der Waals surface area contributed by atoms with E-state index in [1.807, 2.05) is 0 Å². The number of hydrogen-bond donors (Lipinski definition) is 3. The van der Waals surface area contributed by atoms with Crippen molar-refractivity contribution in [3.05, 3.63) is 30.1 Å². The molecule has 1 amide bonds. The van der Waals surface area contributed by atoms with Crippen molar-refractivity contribution in [3.8, 4) is 0 Å². The van der Waals surface area contributed by atoms with Crippen molar-refractivity contribution in [3.63, 3.8) is 0 Å². The maximum atomic E-state index is 13.8. The van der Waals surface area contributed by atoms with Gasteiger partial charge in [0.2, 0.25) is 15.9 Å². The summed E-state index contributed by atoms with van der Waals surface area (Å²) >= 11 is 0. The molecule has 0 spiro atoms. The second-order valence-electron chi connectivity index (χ2n) is 6.46. The summed E-state index contributed by atoms with van der Waals surface area (Å²) in [4.78, 5) is 12.0. The van der Waals surface area contributed by atoms with Gasteiger partial charge in [0.1, 0.15) is 16.8 Å². The second-order valence-corrected chi connectivity index (χ2v) is 8.14. The fourth-order valence-electron chi connectivity index (χ4n) is 2.53. The minimum Gasteiger partial charge on any atom is -0.350 e. The molecule has 1 aromatic rings. The van der Waals surface area contributed by atoms with Gasteiger partial charge in [-0.25, -0.2) is 12.8 Å². The van der Waals surface area contributed by atoms with Crippen LogP contribution in [0, 0.1) is 17.7 Å². The molecule has 0 aliphatic heterocycles. The molecule has 2 rings (SSSR count). The highest BCUT2D eigenvalue weighted by Crippen LogP contribution is 2.32. The first kappa shape index (κ1) is 18.8. The van der Waals surface area contributed by atoms with Crippen molar-refractivity contribution in [1.82, 2.24) is 10.0 Å². The van der Waals surface area contributed by atoms with Crippen LogP contribution in [-0.4, -0.2) is 33.0 Å². The van der Waals surface area contributed by atoms with Gasteiger partial charge < -0.3 is 11.1 Å². The van der Waals surface area contributed by atoms with Crippen molar-refractivity contribution >= 4 is 15.9 Å². The molecule has 1 saturated carbocycles. The van der Waals surface area contributed by atoms with E-state index in [2.05, 4.69) is 10.0 Å². The number of halogens is 1. The predicted octanol–water partition coefficient (Wildman–Crippen LogP) is 0.982. The van der Waals surface area contributed by atoms with Crippen LogP contribution < -0.4 is 15.8 Å². The largest absolute Gasteiger partial charge is 0.350 e.